The number of rotatable bonds is 5. The van der Waals surface area contributed by atoms with Crippen molar-refractivity contribution in [2.45, 2.75) is 20.3 Å². The lowest BCUT2D eigenvalue weighted by Gasteiger charge is -2.09. The van der Waals surface area contributed by atoms with Gasteiger partial charge in [0.05, 0.1) is 0 Å². The molecule has 0 aliphatic carbocycles. The van der Waals surface area contributed by atoms with Gasteiger partial charge in [0.25, 0.3) is 0 Å². The highest BCUT2D eigenvalue weighted by Gasteiger charge is 2.05. The molecule has 1 rings (SSSR count). The average molecular weight is 238 g/mol. The van der Waals surface area contributed by atoms with E-state index in [2.05, 4.69) is 12.2 Å². The van der Waals surface area contributed by atoms with Gasteiger partial charge in [-0.3, -0.25) is 4.79 Å². The van der Waals surface area contributed by atoms with E-state index in [1.54, 1.807) is 11.8 Å². The van der Waals surface area contributed by atoms with Gasteiger partial charge in [-0.25, -0.2) is 0 Å². The van der Waals surface area contributed by atoms with Crippen molar-refractivity contribution in [2.24, 2.45) is 0 Å². The van der Waals surface area contributed by atoms with Gasteiger partial charge >= 0.3 is 0 Å². The van der Waals surface area contributed by atoms with Crippen LogP contribution in [0, 0.1) is 6.92 Å². The van der Waals surface area contributed by atoms with Gasteiger partial charge in [0.1, 0.15) is 0 Å². The maximum Gasteiger partial charge on any atom is 0.225 e. The van der Waals surface area contributed by atoms with Crippen molar-refractivity contribution in [3.05, 3.63) is 23.8 Å². The molecule has 3 N–H and O–H groups in total. The van der Waals surface area contributed by atoms with Gasteiger partial charge in [0.15, 0.2) is 0 Å². The van der Waals surface area contributed by atoms with Gasteiger partial charge in [-0.2, -0.15) is 11.8 Å². The van der Waals surface area contributed by atoms with E-state index in [1.807, 2.05) is 25.1 Å². The number of nitrogens with one attached hydrogen (secondary N) is 1. The first kappa shape index (κ1) is 12.9. The number of thioether (sulfide) groups is 1. The number of carbonyl (C=O) groups excluding carboxylic acids is 1. The SMILES string of the molecule is CCSCCC(=O)Nc1cccc(N)c1C. The predicted molar refractivity (Wildman–Crippen MR) is 71.8 cm³/mol. The number of amides is 1. The molecule has 0 saturated carbocycles. The van der Waals surface area contributed by atoms with Crippen molar-refractivity contribution in [1.82, 2.24) is 0 Å². The molecular weight excluding hydrogens is 220 g/mol. The summed E-state index contributed by atoms with van der Waals surface area (Å²) in [7, 11) is 0. The van der Waals surface area contributed by atoms with Gasteiger partial charge in [-0.15, -0.1) is 0 Å². The molecular formula is C12H18N2OS. The second kappa shape index (κ2) is 6.43. The Morgan fingerprint density at radius 3 is 2.94 bits per heavy atom. The lowest BCUT2D eigenvalue weighted by molar-refractivity contribution is -0.115. The molecule has 0 aromatic heterocycles. The summed E-state index contributed by atoms with van der Waals surface area (Å²) < 4.78 is 0. The fourth-order valence-electron chi connectivity index (χ4n) is 1.31. The van der Waals surface area contributed by atoms with Gasteiger partial charge in [0.2, 0.25) is 5.91 Å². The Morgan fingerprint density at radius 1 is 1.50 bits per heavy atom. The molecule has 4 heteroatoms. The average Bonchev–Trinajstić information content (AvgIpc) is 2.25. The molecule has 0 saturated heterocycles. The quantitative estimate of drug-likeness (QED) is 0.612. The van der Waals surface area contributed by atoms with Crippen LogP contribution in [-0.4, -0.2) is 17.4 Å². The summed E-state index contributed by atoms with van der Waals surface area (Å²) in [6.45, 7) is 4.00. The smallest absolute Gasteiger partial charge is 0.225 e. The first-order valence-corrected chi connectivity index (χ1v) is 6.53. The van der Waals surface area contributed by atoms with Crippen LogP contribution in [0.1, 0.15) is 18.9 Å². The van der Waals surface area contributed by atoms with Crippen LogP contribution in [0.3, 0.4) is 0 Å². The monoisotopic (exact) mass is 238 g/mol. The van der Waals surface area contributed by atoms with Crippen LogP contribution in [-0.2, 0) is 4.79 Å². The molecule has 0 aliphatic rings. The van der Waals surface area contributed by atoms with E-state index in [0.717, 1.165) is 22.8 Å². The third-order valence-corrected chi connectivity index (χ3v) is 3.23. The molecule has 0 heterocycles. The largest absolute Gasteiger partial charge is 0.398 e. The van der Waals surface area contributed by atoms with Crippen LogP contribution in [0.2, 0.25) is 0 Å². The van der Waals surface area contributed by atoms with Crippen LogP contribution >= 0.6 is 11.8 Å². The van der Waals surface area contributed by atoms with E-state index >= 15 is 0 Å². The van der Waals surface area contributed by atoms with E-state index in [1.165, 1.54) is 0 Å². The molecule has 1 amide bonds. The number of benzene rings is 1. The minimum absolute atomic E-state index is 0.0506. The maximum absolute atomic E-state index is 11.6. The van der Waals surface area contributed by atoms with Crippen molar-refractivity contribution >= 4 is 29.0 Å². The standard InChI is InChI=1S/C12H18N2OS/c1-3-16-8-7-12(15)14-11-6-4-5-10(13)9(11)2/h4-6H,3,7-8,13H2,1-2H3,(H,14,15). The Labute approximate surface area is 101 Å². The van der Waals surface area contributed by atoms with Gasteiger partial charge < -0.3 is 11.1 Å². The Bertz CT molecular complexity index is 366. The van der Waals surface area contributed by atoms with Crippen LogP contribution in [0.25, 0.3) is 0 Å². The molecule has 0 fully saturated rings. The topological polar surface area (TPSA) is 55.1 Å². The number of anilines is 2. The summed E-state index contributed by atoms with van der Waals surface area (Å²) >= 11 is 1.77. The summed E-state index contributed by atoms with van der Waals surface area (Å²) in [4.78, 5) is 11.6. The number of nitrogen functional groups attached to an aromatic ring is 1. The Balaban J connectivity index is 2.53. The van der Waals surface area contributed by atoms with E-state index in [9.17, 15) is 4.79 Å². The highest BCUT2D eigenvalue weighted by atomic mass is 32.2. The number of hydrogen-bond donors (Lipinski definition) is 2. The fourth-order valence-corrected chi connectivity index (χ4v) is 1.93. The predicted octanol–water partition coefficient (Wildman–Crippen LogP) is 2.66. The highest BCUT2D eigenvalue weighted by molar-refractivity contribution is 7.99. The second-order valence-electron chi connectivity index (χ2n) is 3.51. The van der Waals surface area contributed by atoms with Crippen LogP contribution < -0.4 is 11.1 Å². The van der Waals surface area contributed by atoms with Crippen LogP contribution in [0.4, 0.5) is 11.4 Å². The molecule has 0 atom stereocenters. The van der Waals surface area contributed by atoms with Crippen LogP contribution in [0.15, 0.2) is 18.2 Å². The van der Waals surface area contributed by atoms with Crippen molar-refractivity contribution in [1.29, 1.82) is 0 Å². The molecule has 3 nitrogen and oxygen atoms in total. The minimum Gasteiger partial charge on any atom is -0.398 e. The van der Waals surface area contributed by atoms with Crippen molar-refractivity contribution in [3.63, 3.8) is 0 Å². The summed E-state index contributed by atoms with van der Waals surface area (Å²) in [5, 5.41) is 2.88. The zero-order valence-electron chi connectivity index (χ0n) is 9.75. The molecule has 0 spiro atoms. The number of hydrogen-bond acceptors (Lipinski definition) is 3. The zero-order valence-corrected chi connectivity index (χ0v) is 10.6. The molecule has 16 heavy (non-hydrogen) atoms. The first-order valence-electron chi connectivity index (χ1n) is 5.37. The Morgan fingerprint density at radius 2 is 2.25 bits per heavy atom. The van der Waals surface area contributed by atoms with E-state index in [4.69, 9.17) is 5.73 Å². The first-order chi connectivity index (χ1) is 7.65. The lowest BCUT2D eigenvalue weighted by atomic mass is 10.1. The van der Waals surface area contributed by atoms with Gasteiger partial charge in [-0.05, 0) is 30.4 Å². The van der Waals surface area contributed by atoms with Crippen LogP contribution in [0.5, 0.6) is 0 Å². The Hall–Kier alpha value is -1.16. The van der Waals surface area contributed by atoms with Crippen molar-refractivity contribution in [3.8, 4) is 0 Å². The molecule has 1 aromatic carbocycles. The molecule has 0 unspecified atom stereocenters. The van der Waals surface area contributed by atoms with E-state index < -0.39 is 0 Å². The molecule has 0 aliphatic heterocycles. The van der Waals surface area contributed by atoms with E-state index in [0.29, 0.717) is 12.1 Å². The number of carbonyl (C=O) groups is 1. The summed E-state index contributed by atoms with van der Waals surface area (Å²) in [5.41, 5.74) is 8.21. The molecule has 1 aromatic rings. The Kier molecular flexibility index (Phi) is 5.19. The molecule has 0 bridgehead atoms. The maximum atomic E-state index is 11.6. The fraction of sp³-hybridized carbons (Fsp3) is 0.417. The lowest BCUT2D eigenvalue weighted by Crippen LogP contribution is -2.13. The summed E-state index contributed by atoms with van der Waals surface area (Å²) in [6, 6.07) is 5.55. The van der Waals surface area contributed by atoms with Gasteiger partial charge in [0, 0.05) is 23.5 Å². The summed E-state index contributed by atoms with van der Waals surface area (Å²) in [5.74, 6) is 1.96. The highest BCUT2D eigenvalue weighted by Crippen LogP contribution is 2.20. The zero-order chi connectivity index (χ0) is 12.0. The van der Waals surface area contributed by atoms with Gasteiger partial charge in [-0.1, -0.05) is 13.0 Å². The summed E-state index contributed by atoms with van der Waals surface area (Å²) in [6.07, 6.45) is 0.548. The molecule has 0 radical (unpaired) electrons. The third kappa shape index (κ3) is 3.77. The second-order valence-corrected chi connectivity index (χ2v) is 4.91. The van der Waals surface area contributed by atoms with E-state index in [-0.39, 0.29) is 5.91 Å². The van der Waals surface area contributed by atoms with Crippen molar-refractivity contribution < 1.29 is 4.79 Å². The minimum atomic E-state index is 0.0506. The normalized spacial score (nSPS) is 10.1. The van der Waals surface area contributed by atoms with Crippen molar-refractivity contribution in [2.75, 3.05) is 22.6 Å². The third-order valence-electron chi connectivity index (χ3n) is 2.33. The molecule has 88 valence electrons. The number of nitrogens with two attached hydrogens (primary N) is 1.